The molecule has 0 spiro atoms. The molecule has 4 aromatic heterocycles. The van der Waals surface area contributed by atoms with E-state index in [-0.39, 0.29) is 0 Å². The molecule has 0 atom stereocenters. The molecule has 0 saturated carbocycles. The number of fused-ring (bicyclic) bond motifs is 7. The summed E-state index contributed by atoms with van der Waals surface area (Å²) >= 11 is 10.7. The van der Waals surface area contributed by atoms with Crippen LogP contribution in [-0.4, -0.2) is 37.0 Å². The minimum absolute atomic E-state index is 0.995. The fraction of sp³-hybridized carbons (Fsp3) is 0.222. The van der Waals surface area contributed by atoms with Gasteiger partial charge in [-0.15, -0.1) is 22.7 Å². The molecular formula is C36H28Br2F6N2O6S4. The Balaban J connectivity index is 0.000000317. The van der Waals surface area contributed by atoms with Crippen LogP contribution in [-0.2, 0) is 46.2 Å². The van der Waals surface area contributed by atoms with Crippen molar-refractivity contribution in [1.82, 2.24) is 0 Å². The third-order valence-electron chi connectivity index (χ3n) is 8.82. The second-order valence-electron chi connectivity index (χ2n) is 12.2. The van der Waals surface area contributed by atoms with Crippen LogP contribution >= 0.6 is 54.5 Å². The summed E-state index contributed by atoms with van der Waals surface area (Å²) in [5.74, 6) is 0. The van der Waals surface area contributed by atoms with Crippen LogP contribution in [0.3, 0.4) is 0 Å². The Morgan fingerprint density at radius 2 is 1.16 bits per heavy atom. The van der Waals surface area contributed by atoms with Gasteiger partial charge in [0.2, 0.25) is 17.1 Å². The predicted octanol–water partition coefficient (Wildman–Crippen LogP) is 9.42. The molecule has 0 fully saturated rings. The van der Waals surface area contributed by atoms with Crippen molar-refractivity contribution in [3.05, 3.63) is 112 Å². The number of aromatic nitrogens is 2. The summed E-state index contributed by atoms with van der Waals surface area (Å²) in [4.78, 5) is 2.51. The lowest BCUT2D eigenvalue weighted by Gasteiger charge is -2.27. The maximum absolute atomic E-state index is 10.7. The molecule has 56 heavy (non-hydrogen) atoms. The zero-order chi connectivity index (χ0) is 41.4. The van der Waals surface area contributed by atoms with E-state index in [9.17, 15) is 26.3 Å². The molecule has 7 rings (SSSR count). The van der Waals surface area contributed by atoms with Gasteiger partial charge in [-0.05, 0) is 116 Å². The van der Waals surface area contributed by atoms with E-state index in [1.807, 2.05) is 0 Å². The summed E-state index contributed by atoms with van der Waals surface area (Å²) in [6, 6.07) is 20.0. The lowest BCUT2D eigenvalue weighted by Crippen LogP contribution is -2.45. The first kappa shape index (κ1) is 43.9. The van der Waals surface area contributed by atoms with Crippen LogP contribution in [0.25, 0.3) is 46.8 Å². The first-order valence-corrected chi connectivity index (χ1v) is 22.1. The number of hydrogen-bond donors (Lipinski definition) is 0. The van der Waals surface area contributed by atoms with E-state index < -0.39 is 31.3 Å². The summed E-state index contributed by atoms with van der Waals surface area (Å²) in [6.45, 7) is 6.69. The fourth-order valence-corrected chi connectivity index (χ4v) is 8.84. The van der Waals surface area contributed by atoms with Gasteiger partial charge in [0.05, 0.1) is 18.7 Å². The lowest BCUT2D eigenvalue weighted by atomic mass is 9.79. The summed E-state index contributed by atoms with van der Waals surface area (Å²) in [6.07, 6.45) is 13.4. The Morgan fingerprint density at radius 3 is 1.64 bits per heavy atom. The molecule has 298 valence electrons. The number of thiophene rings is 2. The van der Waals surface area contributed by atoms with Gasteiger partial charge in [0, 0.05) is 52.9 Å². The lowest BCUT2D eigenvalue weighted by molar-refractivity contribution is -0.690. The Morgan fingerprint density at radius 1 is 0.679 bits per heavy atom. The van der Waals surface area contributed by atoms with Gasteiger partial charge in [0.15, 0.2) is 39.5 Å². The number of benzene rings is 1. The number of rotatable bonds is 4. The third kappa shape index (κ3) is 10.1. The molecule has 1 aromatic carbocycles. The van der Waals surface area contributed by atoms with E-state index in [0.717, 1.165) is 33.5 Å². The number of halogens is 8. The van der Waals surface area contributed by atoms with Crippen molar-refractivity contribution in [2.75, 3.05) is 0 Å². The molecule has 5 aromatic rings. The van der Waals surface area contributed by atoms with Crippen molar-refractivity contribution in [1.29, 1.82) is 0 Å². The highest BCUT2D eigenvalue weighted by molar-refractivity contribution is 9.11. The summed E-state index contributed by atoms with van der Waals surface area (Å²) in [5.41, 5.74) is 2.66. The van der Waals surface area contributed by atoms with Crippen LogP contribution in [0.1, 0.15) is 43.3 Å². The van der Waals surface area contributed by atoms with Crippen LogP contribution in [0.5, 0.6) is 0 Å². The second kappa shape index (κ2) is 16.9. The summed E-state index contributed by atoms with van der Waals surface area (Å²) < 4.78 is 125. The first-order chi connectivity index (χ1) is 26.0. The van der Waals surface area contributed by atoms with Crippen molar-refractivity contribution in [3.63, 3.8) is 0 Å². The maximum atomic E-state index is 10.7. The Kier molecular flexibility index (Phi) is 13.3. The van der Waals surface area contributed by atoms with Gasteiger partial charge >= 0.3 is 11.0 Å². The Labute approximate surface area is 343 Å². The molecule has 0 bridgehead atoms. The van der Waals surface area contributed by atoms with Crippen molar-refractivity contribution in [2.24, 2.45) is 0 Å². The Hall–Kier alpha value is -3.24. The third-order valence-corrected chi connectivity index (χ3v) is 13.1. The number of hydrogen-bond acceptors (Lipinski definition) is 8. The van der Waals surface area contributed by atoms with Gasteiger partial charge < -0.3 is 9.11 Å². The van der Waals surface area contributed by atoms with Crippen LogP contribution in [0.4, 0.5) is 26.3 Å². The SMILES string of the molecule is Cc1c(C)c2c(c3c1CC[n+]1ccc(C=Cc4ccc(Br)s4)cc1-3)-c1cccc(C=Cc3ccc(Br)s3)[n+]1CC2.O=S(=O)([O-])C(F)(F)F.O=S(=O)([O-])C(F)(F)F. The molecule has 6 heterocycles. The average molecular weight is 987 g/mol. The quantitative estimate of drug-likeness (QED) is 0.0766. The molecule has 0 N–H and O–H groups in total. The van der Waals surface area contributed by atoms with Crippen LogP contribution in [0, 0.1) is 13.8 Å². The number of aryl methyl sites for hydroxylation is 1. The zero-order valence-electron chi connectivity index (χ0n) is 28.9. The van der Waals surface area contributed by atoms with Gasteiger partial charge in [-0.3, -0.25) is 0 Å². The van der Waals surface area contributed by atoms with E-state index in [4.69, 9.17) is 25.9 Å². The highest BCUT2D eigenvalue weighted by Gasteiger charge is 2.38. The normalized spacial score (nSPS) is 13.9. The largest absolute Gasteiger partial charge is 0.741 e. The topological polar surface area (TPSA) is 122 Å². The summed E-state index contributed by atoms with van der Waals surface area (Å²) in [5, 5.41) is 0. The molecule has 20 heteroatoms. The second-order valence-corrected chi connectivity index (χ2v) is 20.0. The van der Waals surface area contributed by atoms with Gasteiger partial charge in [-0.2, -0.15) is 35.5 Å². The molecule has 2 aliphatic heterocycles. The van der Waals surface area contributed by atoms with E-state index in [0.29, 0.717) is 0 Å². The standard InChI is InChI=1S/C34H28Br2N2S2.2CHF3O3S/c1-21-22(2)28-16-19-38-24(7-9-26-11-13-32(36)40-26)4-3-5-29(38)33(28)34-27(21)15-18-37-17-14-23(20-30(34)37)6-8-25-10-12-31(35)39-25;2*2-1(3,4)8(5,6)7/h3-14,17,20H,15-16,18-19H2,1-2H3;2*(H,5,6,7)/q+2;;/p-2. The molecule has 0 radical (unpaired) electrons. The van der Waals surface area contributed by atoms with Crippen molar-refractivity contribution in [2.45, 2.75) is 50.8 Å². The van der Waals surface area contributed by atoms with Crippen LogP contribution in [0.2, 0.25) is 0 Å². The predicted molar refractivity (Wildman–Crippen MR) is 208 cm³/mol. The number of alkyl halides is 6. The van der Waals surface area contributed by atoms with Gasteiger partial charge in [-0.25, -0.2) is 16.8 Å². The Bertz CT molecular complexity index is 2510. The smallest absolute Gasteiger partial charge is 0.485 e. The fourth-order valence-electron chi connectivity index (χ4n) is 6.19. The van der Waals surface area contributed by atoms with E-state index in [1.165, 1.54) is 65.8 Å². The molecule has 0 amide bonds. The molecule has 8 nitrogen and oxygen atoms in total. The van der Waals surface area contributed by atoms with E-state index in [1.54, 1.807) is 22.7 Å². The monoisotopic (exact) mass is 984 g/mol. The minimum atomic E-state index is -6.09. The van der Waals surface area contributed by atoms with Crippen LogP contribution < -0.4 is 9.13 Å². The molecule has 0 unspecified atom stereocenters. The zero-order valence-corrected chi connectivity index (χ0v) is 35.3. The average Bonchev–Trinajstić information content (AvgIpc) is 3.73. The van der Waals surface area contributed by atoms with Crippen molar-refractivity contribution >= 4 is 99.1 Å². The van der Waals surface area contributed by atoms with Crippen molar-refractivity contribution in [3.8, 4) is 22.5 Å². The van der Waals surface area contributed by atoms with Gasteiger partial charge in [0.25, 0.3) is 0 Å². The first-order valence-electron chi connectivity index (χ1n) is 16.1. The molecule has 2 aliphatic rings. The molecular weight excluding hydrogens is 958 g/mol. The number of pyridine rings is 2. The van der Waals surface area contributed by atoms with Crippen molar-refractivity contribution < 1.29 is 61.4 Å². The number of nitrogens with zero attached hydrogens (tertiary/aromatic N) is 2. The molecule has 0 aliphatic carbocycles. The maximum Gasteiger partial charge on any atom is 0.485 e. The van der Waals surface area contributed by atoms with Crippen LogP contribution in [0.15, 0.2) is 68.4 Å². The van der Waals surface area contributed by atoms with E-state index in [2.05, 4.69) is 140 Å². The molecule has 0 saturated heterocycles. The highest BCUT2D eigenvalue weighted by Crippen LogP contribution is 2.43. The minimum Gasteiger partial charge on any atom is -0.741 e. The van der Waals surface area contributed by atoms with E-state index >= 15 is 0 Å². The highest BCUT2D eigenvalue weighted by atomic mass is 79.9. The summed E-state index contributed by atoms with van der Waals surface area (Å²) in [7, 11) is -12.2. The van der Waals surface area contributed by atoms with Gasteiger partial charge in [-0.1, -0.05) is 6.08 Å². The van der Waals surface area contributed by atoms with Gasteiger partial charge in [0.1, 0.15) is 0 Å².